The minimum absolute atomic E-state index is 0.849. The van der Waals surface area contributed by atoms with Gasteiger partial charge in [0.1, 0.15) is 16.3 Å². The van der Waals surface area contributed by atoms with Crippen molar-refractivity contribution in [3.05, 3.63) is 66.2 Å². The van der Waals surface area contributed by atoms with E-state index in [2.05, 4.69) is 35.4 Å². The molecule has 0 aliphatic heterocycles. The van der Waals surface area contributed by atoms with E-state index in [9.17, 15) is 0 Å². The number of ether oxygens (including phenoxy) is 1. The molecule has 0 aliphatic rings. The van der Waals surface area contributed by atoms with E-state index in [1.165, 1.54) is 0 Å². The molecule has 0 saturated heterocycles. The average Bonchev–Trinajstić information content (AvgIpc) is 3.31. The SMILES string of the molecule is COc1ccc2nc(-c3ccc(-n4nnc5ccccc54)c(C)c3)sc2c1. The van der Waals surface area contributed by atoms with E-state index >= 15 is 0 Å². The van der Waals surface area contributed by atoms with Crippen molar-refractivity contribution in [1.82, 2.24) is 20.0 Å². The van der Waals surface area contributed by atoms with Gasteiger partial charge in [0.25, 0.3) is 0 Å². The third-order valence-electron chi connectivity index (χ3n) is 4.62. The number of aromatic nitrogens is 4. The molecule has 3 aromatic carbocycles. The lowest BCUT2D eigenvalue weighted by Gasteiger charge is -2.08. The van der Waals surface area contributed by atoms with Crippen LogP contribution in [0, 0.1) is 6.92 Å². The zero-order chi connectivity index (χ0) is 18.4. The van der Waals surface area contributed by atoms with Crippen molar-refractivity contribution in [2.45, 2.75) is 6.92 Å². The molecule has 0 radical (unpaired) electrons. The quantitative estimate of drug-likeness (QED) is 0.446. The summed E-state index contributed by atoms with van der Waals surface area (Å²) in [5.41, 5.74) is 6.12. The Morgan fingerprint density at radius 1 is 0.963 bits per heavy atom. The summed E-state index contributed by atoms with van der Waals surface area (Å²) >= 11 is 1.67. The number of fused-ring (bicyclic) bond motifs is 2. The third-order valence-corrected chi connectivity index (χ3v) is 5.69. The van der Waals surface area contributed by atoms with Crippen molar-refractivity contribution in [2.75, 3.05) is 7.11 Å². The highest BCUT2D eigenvalue weighted by atomic mass is 32.1. The Kier molecular flexibility index (Phi) is 3.65. The molecule has 0 N–H and O–H groups in total. The lowest BCUT2D eigenvalue weighted by molar-refractivity contribution is 0.415. The first kappa shape index (κ1) is 16.0. The normalized spacial score (nSPS) is 11.3. The highest BCUT2D eigenvalue weighted by Gasteiger charge is 2.12. The second-order valence-electron chi connectivity index (χ2n) is 6.34. The lowest BCUT2D eigenvalue weighted by Crippen LogP contribution is -1.99. The number of methoxy groups -OCH3 is 1. The first-order chi connectivity index (χ1) is 13.2. The molecular weight excluding hydrogens is 356 g/mol. The Bertz CT molecular complexity index is 1290. The van der Waals surface area contributed by atoms with E-state index in [1.54, 1.807) is 18.4 Å². The van der Waals surface area contributed by atoms with Gasteiger partial charge in [-0.1, -0.05) is 17.3 Å². The van der Waals surface area contributed by atoms with Gasteiger partial charge in [0, 0.05) is 5.56 Å². The van der Waals surface area contributed by atoms with Gasteiger partial charge < -0.3 is 4.74 Å². The van der Waals surface area contributed by atoms with E-state index in [4.69, 9.17) is 9.72 Å². The number of nitrogens with zero attached hydrogens (tertiary/aromatic N) is 4. The molecule has 27 heavy (non-hydrogen) atoms. The van der Waals surface area contributed by atoms with Crippen LogP contribution in [0.3, 0.4) is 0 Å². The Morgan fingerprint density at radius 3 is 2.70 bits per heavy atom. The first-order valence-electron chi connectivity index (χ1n) is 8.59. The molecule has 6 heteroatoms. The number of para-hydroxylation sites is 1. The maximum atomic E-state index is 5.31. The summed E-state index contributed by atoms with van der Waals surface area (Å²) in [6.45, 7) is 2.09. The smallest absolute Gasteiger partial charge is 0.124 e. The Labute approximate surface area is 159 Å². The van der Waals surface area contributed by atoms with Crippen molar-refractivity contribution >= 4 is 32.6 Å². The molecule has 0 bridgehead atoms. The number of hydrogen-bond donors (Lipinski definition) is 0. The zero-order valence-electron chi connectivity index (χ0n) is 14.9. The zero-order valence-corrected chi connectivity index (χ0v) is 15.7. The van der Waals surface area contributed by atoms with Crippen LogP contribution >= 0.6 is 11.3 Å². The first-order valence-corrected chi connectivity index (χ1v) is 9.41. The average molecular weight is 372 g/mol. The highest BCUT2D eigenvalue weighted by molar-refractivity contribution is 7.21. The second kappa shape index (κ2) is 6.17. The molecule has 5 nitrogen and oxygen atoms in total. The summed E-state index contributed by atoms with van der Waals surface area (Å²) in [6.07, 6.45) is 0. The molecule has 0 unspecified atom stereocenters. The van der Waals surface area contributed by atoms with Crippen molar-refractivity contribution in [3.8, 4) is 22.0 Å². The van der Waals surface area contributed by atoms with Crippen LogP contribution in [0.25, 0.3) is 37.5 Å². The fourth-order valence-electron chi connectivity index (χ4n) is 3.23. The molecule has 0 aliphatic carbocycles. The van der Waals surface area contributed by atoms with E-state index in [1.807, 2.05) is 47.1 Å². The number of benzene rings is 3. The van der Waals surface area contributed by atoms with Gasteiger partial charge >= 0.3 is 0 Å². The van der Waals surface area contributed by atoms with Gasteiger partial charge in [0.15, 0.2) is 0 Å². The van der Waals surface area contributed by atoms with Gasteiger partial charge in [-0.05, 0) is 61.0 Å². The Hall–Kier alpha value is -3.25. The Morgan fingerprint density at radius 2 is 1.85 bits per heavy atom. The van der Waals surface area contributed by atoms with Crippen LogP contribution in [0.15, 0.2) is 60.7 Å². The van der Waals surface area contributed by atoms with Gasteiger partial charge in [-0.15, -0.1) is 16.4 Å². The van der Waals surface area contributed by atoms with Gasteiger partial charge in [-0.25, -0.2) is 9.67 Å². The minimum atomic E-state index is 0.849. The summed E-state index contributed by atoms with van der Waals surface area (Å²) in [5, 5.41) is 9.57. The molecule has 5 aromatic rings. The summed E-state index contributed by atoms with van der Waals surface area (Å²) in [5.74, 6) is 0.849. The standard InChI is InChI=1S/C21H16N4OS/c1-13-11-14(21-22-17-9-8-15(26-2)12-20(17)27-21)7-10-18(13)25-19-6-4-3-5-16(19)23-24-25/h3-12H,1-2H3. The van der Waals surface area contributed by atoms with Crippen LogP contribution in [-0.4, -0.2) is 27.1 Å². The third kappa shape index (κ3) is 2.65. The minimum Gasteiger partial charge on any atom is -0.497 e. The van der Waals surface area contributed by atoms with Crippen molar-refractivity contribution < 1.29 is 4.74 Å². The summed E-state index contributed by atoms with van der Waals surface area (Å²) < 4.78 is 8.32. The molecule has 0 atom stereocenters. The molecule has 0 fully saturated rings. The van der Waals surface area contributed by atoms with Gasteiger partial charge in [-0.2, -0.15) is 0 Å². The predicted molar refractivity (Wildman–Crippen MR) is 109 cm³/mol. The topological polar surface area (TPSA) is 52.8 Å². The Balaban J connectivity index is 1.58. The molecule has 132 valence electrons. The van der Waals surface area contributed by atoms with Crippen LogP contribution in [0.1, 0.15) is 5.56 Å². The largest absolute Gasteiger partial charge is 0.497 e. The maximum Gasteiger partial charge on any atom is 0.124 e. The van der Waals surface area contributed by atoms with E-state index in [0.29, 0.717) is 0 Å². The van der Waals surface area contributed by atoms with Crippen LogP contribution in [-0.2, 0) is 0 Å². The van der Waals surface area contributed by atoms with Gasteiger partial charge in [0.05, 0.1) is 28.5 Å². The number of aryl methyl sites for hydroxylation is 1. The molecule has 0 saturated carbocycles. The lowest BCUT2D eigenvalue weighted by atomic mass is 10.1. The second-order valence-corrected chi connectivity index (χ2v) is 7.37. The fraction of sp³-hybridized carbons (Fsp3) is 0.0952. The van der Waals surface area contributed by atoms with Crippen LogP contribution in [0.2, 0.25) is 0 Å². The van der Waals surface area contributed by atoms with Gasteiger partial charge in [-0.3, -0.25) is 0 Å². The van der Waals surface area contributed by atoms with Gasteiger partial charge in [0.2, 0.25) is 0 Å². The highest BCUT2D eigenvalue weighted by Crippen LogP contribution is 2.33. The van der Waals surface area contributed by atoms with Crippen LogP contribution < -0.4 is 4.74 Å². The molecule has 0 amide bonds. The van der Waals surface area contributed by atoms with Crippen molar-refractivity contribution in [1.29, 1.82) is 0 Å². The summed E-state index contributed by atoms with van der Waals surface area (Å²) in [7, 11) is 1.68. The van der Waals surface area contributed by atoms with Crippen molar-refractivity contribution in [2.24, 2.45) is 0 Å². The molecule has 2 aromatic heterocycles. The molecule has 5 rings (SSSR count). The molecular formula is C21H16N4OS. The van der Waals surface area contributed by atoms with Crippen LogP contribution in [0.5, 0.6) is 5.75 Å². The number of hydrogen-bond acceptors (Lipinski definition) is 5. The number of thiazole rings is 1. The monoisotopic (exact) mass is 372 g/mol. The van der Waals surface area contributed by atoms with E-state index in [0.717, 1.165) is 48.8 Å². The number of rotatable bonds is 3. The van der Waals surface area contributed by atoms with Crippen LogP contribution in [0.4, 0.5) is 0 Å². The molecule has 0 spiro atoms. The van der Waals surface area contributed by atoms with E-state index in [-0.39, 0.29) is 0 Å². The molecule has 2 heterocycles. The van der Waals surface area contributed by atoms with Crippen molar-refractivity contribution in [3.63, 3.8) is 0 Å². The fourth-order valence-corrected chi connectivity index (χ4v) is 4.22. The maximum absolute atomic E-state index is 5.31. The predicted octanol–water partition coefficient (Wildman–Crippen LogP) is 5.01. The van der Waals surface area contributed by atoms with E-state index < -0.39 is 0 Å². The summed E-state index contributed by atoms with van der Waals surface area (Å²) in [6, 6.07) is 20.3. The summed E-state index contributed by atoms with van der Waals surface area (Å²) in [4.78, 5) is 4.77.